The third kappa shape index (κ3) is 10.4. The van der Waals surface area contributed by atoms with E-state index in [4.69, 9.17) is 41.0 Å². The summed E-state index contributed by atoms with van der Waals surface area (Å²) in [5.74, 6) is 2.92. The van der Waals surface area contributed by atoms with Gasteiger partial charge in [0.2, 0.25) is 11.8 Å². The van der Waals surface area contributed by atoms with Gasteiger partial charge >= 0.3 is 12.1 Å². The maximum absolute atomic E-state index is 16.9. The van der Waals surface area contributed by atoms with E-state index >= 15 is 4.39 Å². The van der Waals surface area contributed by atoms with Crippen molar-refractivity contribution in [2.24, 2.45) is 17.8 Å². The molecule has 10 heterocycles. The molecule has 2 unspecified atom stereocenters. The molecular weight excluding hydrogens is 997 g/mol. The number of anilines is 3. The van der Waals surface area contributed by atoms with E-state index in [1.807, 2.05) is 18.2 Å². The molecule has 19 heteroatoms. The number of benzene rings is 2. The normalized spacial score (nSPS) is 21.7. The number of amides is 3. The van der Waals surface area contributed by atoms with Gasteiger partial charge in [0.15, 0.2) is 5.82 Å². The molecule has 78 heavy (non-hydrogen) atoms. The highest BCUT2D eigenvalue weighted by molar-refractivity contribution is 6.17. The molecule has 12 rings (SSSR count). The number of imide groups is 1. The van der Waals surface area contributed by atoms with Crippen molar-refractivity contribution in [3.8, 4) is 29.6 Å². The van der Waals surface area contributed by atoms with E-state index in [0.29, 0.717) is 83.3 Å². The standard InChI is InChI=1S/C34H33F2N5O2.C25H36N6O4/c1-2-23-25(35)11-9-21-7-3-8-24(27(21)23)30-29(36)31-28-26(37-30)12-10-22-19-42-18-6-17-41(22)32(28)39-33(38-31)43-20-34-13-4-15-40(34)16-5-14-34;1-27-20-14-21(28-15-19(20)23(26)18-3-4-22(32)29-24(18)33)30-9-5-16(6-10-30)13-17-7-11-31(12-8-17)25(34)35-2/h1,3,7-9,11,22H,4-6,10,12-20H2;14-18,26H,3-13H2,1-2H3,(H,27,28)(H,29,32,33). The third-order valence-corrected chi connectivity index (χ3v) is 17.6. The van der Waals surface area contributed by atoms with Crippen molar-refractivity contribution in [1.29, 1.82) is 5.41 Å². The van der Waals surface area contributed by atoms with Gasteiger partial charge in [-0.05, 0) is 120 Å². The first kappa shape index (κ1) is 53.0. The molecular formula is C59H69F2N11O6. The highest BCUT2D eigenvalue weighted by Crippen LogP contribution is 2.43. The number of aromatic nitrogens is 4. The lowest BCUT2D eigenvalue weighted by Gasteiger charge is -2.37. The maximum atomic E-state index is 16.9. The molecule has 0 radical (unpaired) electrons. The van der Waals surface area contributed by atoms with Crippen molar-refractivity contribution in [3.63, 3.8) is 0 Å². The molecule has 3 amide bonds. The van der Waals surface area contributed by atoms with Crippen LogP contribution in [0.4, 0.5) is 30.9 Å². The maximum Gasteiger partial charge on any atom is 0.409 e. The minimum absolute atomic E-state index is 0.00280. The number of halogens is 2. The number of fused-ring (bicyclic) bond motifs is 4. The van der Waals surface area contributed by atoms with Crippen LogP contribution in [0, 0.1) is 47.1 Å². The molecule has 7 aliphatic rings. The zero-order chi connectivity index (χ0) is 54.1. The van der Waals surface area contributed by atoms with Crippen LogP contribution in [-0.2, 0) is 25.5 Å². The summed E-state index contributed by atoms with van der Waals surface area (Å²) in [6.45, 7) is 8.07. The average Bonchev–Trinajstić information content (AvgIpc) is 4.11. The summed E-state index contributed by atoms with van der Waals surface area (Å²) >= 11 is 0. The van der Waals surface area contributed by atoms with Crippen LogP contribution in [-0.4, -0.2) is 145 Å². The molecule has 0 spiro atoms. The smallest absolute Gasteiger partial charge is 0.409 e. The molecule has 2 atom stereocenters. The van der Waals surface area contributed by atoms with Gasteiger partial charge in [0.25, 0.3) is 0 Å². The number of pyridine rings is 2. The van der Waals surface area contributed by atoms with Gasteiger partial charge in [-0.1, -0.05) is 30.2 Å². The first-order chi connectivity index (χ1) is 37.9. The fourth-order valence-electron chi connectivity index (χ4n) is 13.4. The number of hydrogen-bond donors (Lipinski definition) is 3. The Bertz CT molecular complexity index is 3160. The second kappa shape index (κ2) is 22.7. The number of carbonyl (C=O) groups excluding carboxylic acids is 3. The minimum atomic E-state index is -0.636. The third-order valence-electron chi connectivity index (χ3n) is 17.6. The Labute approximate surface area is 453 Å². The number of ether oxygens (including phenoxy) is 3. The van der Waals surface area contributed by atoms with E-state index < -0.39 is 23.5 Å². The topological polar surface area (TPSA) is 191 Å². The summed E-state index contributed by atoms with van der Waals surface area (Å²) in [6, 6.07) is 10.6. The summed E-state index contributed by atoms with van der Waals surface area (Å²) in [5.41, 5.74) is 3.08. The van der Waals surface area contributed by atoms with Crippen LogP contribution in [0.5, 0.6) is 6.01 Å². The highest BCUT2D eigenvalue weighted by Gasteiger charge is 2.45. The van der Waals surface area contributed by atoms with Crippen LogP contribution < -0.4 is 25.2 Å². The molecule has 0 bridgehead atoms. The van der Waals surface area contributed by atoms with Crippen molar-refractivity contribution in [2.75, 3.05) is 94.9 Å². The van der Waals surface area contributed by atoms with Crippen molar-refractivity contribution < 1.29 is 37.4 Å². The Hall–Kier alpha value is -7.04. The fraction of sp³-hybridized carbons (Fsp3) is 0.525. The number of methoxy groups -OCH3 is 1. The summed E-state index contributed by atoms with van der Waals surface area (Å²) in [7, 11) is 3.24. The molecule has 2 aromatic carbocycles. The predicted octanol–water partition coefficient (Wildman–Crippen LogP) is 8.28. The van der Waals surface area contributed by atoms with Gasteiger partial charge in [-0.3, -0.25) is 19.8 Å². The number of carbonyl (C=O) groups is 3. The molecule has 3 aromatic heterocycles. The molecule has 0 saturated carbocycles. The number of terminal acetylenes is 1. The Balaban J connectivity index is 0.000000170. The lowest BCUT2D eigenvalue weighted by Crippen LogP contribution is -2.44. The highest BCUT2D eigenvalue weighted by atomic mass is 19.1. The monoisotopic (exact) mass is 1070 g/mol. The number of rotatable bonds is 10. The van der Waals surface area contributed by atoms with Gasteiger partial charge in [0.1, 0.15) is 35.3 Å². The number of piperidine rings is 3. The largest absolute Gasteiger partial charge is 0.461 e. The average molecular weight is 1070 g/mol. The summed E-state index contributed by atoms with van der Waals surface area (Å²) in [4.78, 5) is 63.5. The number of aryl methyl sites for hydroxylation is 1. The Morgan fingerprint density at radius 1 is 0.936 bits per heavy atom. The Morgan fingerprint density at radius 3 is 2.44 bits per heavy atom. The van der Waals surface area contributed by atoms with Gasteiger partial charge < -0.3 is 39.6 Å². The van der Waals surface area contributed by atoms with Crippen LogP contribution in [0.3, 0.4) is 0 Å². The zero-order valence-corrected chi connectivity index (χ0v) is 44.7. The van der Waals surface area contributed by atoms with Crippen LogP contribution in [0.1, 0.15) is 100 Å². The first-order valence-corrected chi connectivity index (χ1v) is 27.9. The quantitative estimate of drug-likeness (QED) is 0.0688. The lowest BCUT2D eigenvalue weighted by atomic mass is 9.83. The molecule has 410 valence electrons. The second-order valence-electron chi connectivity index (χ2n) is 22.1. The van der Waals surface area contributed by atoms with Gasteiger partial charge in [0, 0.05) is 87.3 Å². The molecule has 6 saturated heterocycles. The van der Waals surface area contributed by atoms with E-state index in [0.717, 1.165) is 122 Å². The van der Waals surface area contributed by atoms with Crippen LogP contribution in [0.15, 0.2) is 42.6 Å². The fourth-order valence-corrected chi connectivity index (χ4v) is 13.4. The van der Waals surface area contributed by atoms with Crippen LogP contribution in [0.25, 0.3) is 32.9 Å². The summed E-state index contributed by atoms with van der Waals surface area (Å²) < 4.78 is 49.0. The van der Waals surface area contributed by atoms with Gasteiger partial charge in [0.05, 0.1) is 53.6 Å². The van der Waals surface area contributed by atoms with E-state index in [-0.39, 0.29) is 58.5 Å². The van der Waals surface area contributed by atoms with Crippen LogP contribution >= 0.6 is 0 Å². The first-order valence-electron chi connectivity index (χ1n) is 27.9. The van der Waals surface area contributed by atoms with Crippen molar-refractivity contribution in [2.45, 2.75) is 101 Å². The van der Waals surface area contributed by atoms with Gasteiger partial charge in [-0.25, -0.2) is 23.5 Å². The van der Waals surface area contributed by atoms with E-state index in [2.05, 4.69) is 36.2 Å². The number of nitrogens with one attached hydrogen (secondary N) is 3. The Morgan fingerprint density at radius 2 is 1.71 bits per heavy atom. The van der Waals surface area contributed by atoms with Gasteiger partial charge in [-0.15, -0.1) is 6.42 Å². The van der Waals surface area contributed by atoms with Crippen molar-refractivity contribution >= 4 is 62.6 Å². The number of nitrogens with zero attached hydrogens (tertiary/aromatic N) is 8. The summed E-state index contributed by atoms with van der Waals surface area (Å²) in [5, 5.41) is 15.9. The molecule has 17 nitrogen and oxygen atoms in total. The van der Waals surface area contributed by atoms with Crippen LogP contribution in [0.2, 0.25) is 0 Å². The van der Waals surface area contributed by atoms with Crippen molar-refractivity contribution in [3.05, 3.63) is 71.1 Å². The zero-order valence-electron chi connectivity index (χ0n) is 44.7. The minimum Gasteiger partial charge on any atom is -0.461 e. The van der Waals surface area contributed by atoms with Crippen molar-refractivity contribution in [1.82, 2.24) is 35.1 Å². The van der Waals surface area contributed by atoms with E-state index in [9.17, 15) is 18.8 Å². The van der Waals surface area contributed by atoms with E-state index in [1.54, 1.807) is 30.3 Å². The lowest BCUT2D eigenvalue weighted by molar-refractivity contribution is -0.134. The molecule has 0 aliphatic carbocycles. The molecule has 3 N–H and O–H groups in total. The van der Waals surface area contributed by atoms with Gasteiger partial charge in [-0.2, -0.15) is 9.97 Å². The molecule has 7 aliphatic heterocycles. The Kier molecular flexibility index (Phi) is 15.4. The second-order valence-corrected chi connectivity index (χ2v) is 22.1. The van der Waals surface area contributed by atoms with E-state index in [1.165, 1.54) is 19.6 Å². The molecule has 5 aromatic rings. The number of hydrogen-bond acceptors (Lipinski definition) is 15. The summed E-state index contributed by atoms with van der Waals surface area (Å²) in [6.07, 6.45) is 20.0. The molecule has 6 fully saturated rings. The number of likely N-dealkylation sites (tertiary alicyclic amines) is 1. The SMILES string of the molecule is C#Cc1c(F)ccc2cccc(-c3nc4c5c(nc(OCC67CCCN6CCC7)nc5c3F)N3CCCOCC3CC4)c12.CNc1cc(N2CCC(CC3CCN(C(=O)OC)CC3)CC2)ncc1C(=N)C1CCC(=O)NC1=O. The predicted molar refractivity (Wildman–Crippen MR) is 294 cm³/mol.